The molecule has 0 saturated heterocycles. The highest BCUT2D eigenvalue weighted by atomic mass is 79.9. The maximum atomic E-state index is 13.4. The first-order valence-electron chi connectivity index (χ1n) is 5.65. The zero-order valence-corrected chi connectivity index (χ0v) is 12.1. The number of nitrogens with zero attached hydrogens (tertiary/aromatic N) is 2. The molecule has 2 aromatic rings. The van der Waals surface area contributed by atoms with Gasteiger partial charge in [0.2, 0.25) is 0 Å². The molecule has 0 aliphatic heterocycles. The molecule has 5 heteroatoms. The normalized spacial score (nSPS) is 12.7. The van der Waals surface area contributed by atoms with Crippen LogP contribution in [0.2, 0.25) is 0 Å². The standard InChI is InChI=1S/C13H15BrFN3/c1-8-4-5-9(15)6-10(8)12(16-2)13-11(14)7-17-18(13)3/h4-7,12,16H,1-3H3. The van der Waals surface area contributed by atoms with Gasteiger partial charge < -0.3 is 5.32 Å². The minimum Gasteiger partial charge on any atom is -0.308 e. The highest BCUT2D eigenvalue weighted by Crippen LogP contribution is 2.29. The summed E-state index contributed by atoms with van der Waals surface area (Å²) in [5.74, 6) is -0.228. The van der Waals surface area contributed by atoms with Crippen LogP contribution in [0.4, 0.5) is 4.39 Å². The number of hydrogen-bond donors (Lipinski definition) is 1. The third-order valence-corrected chi connectivity index (χ3v) is 3.66. The number of aryl methyl sites for hydroxylation is 2. The summed E-state index contributed by atoms with van der Waals surface area (Å²) in [6.45, 7) is 1.98. The zero-order valence-electron chi connectivity index (χ0n) is 10.5. The van der Waals surface area contributed by atoms with Crippen LogP contribution in [0.1, 0.15) is 22.9 Å². The summed E-state index contributed by atoms with van der Waals surface area (Å²) in [6, 6.07) is 4.74. The Morgan fingerprint density at radius 1 is 1.44 bits per heavy atom. The number of nitrogens with one attached hydrogen (secondary N) is 1. The molecule has 0 aliphatic rings. The van der Waals surface area contributed by atoms with E-state index in [1.165, 1.54) is 6.07 Å². The van der Waals surface area contributed by atoms with E-state index >= 15 is 0 Å². The molecule has 1 heterocycles. The van der Waals surface area contributed by atoms with E-state index < -0.39 is 0 Å². The fourth-order valence-electron chi connectivity index (χ4n) is 2.11. The number of hydrogen-bond acceptors (Lipinski definition) is 2. The number of aromatic nitrogens is 2. The van der Waals surface area contributed by atoms with Crippen molar-refractivity contribution in [2.75, 3.05) is 7.05 Å². The molecule has 2 rings (SSSR count). The second-order valence-electron chi connectivity index (χ2n) is 4.22. The summed E-state index contributed by atoms with van der Waals surface area (Å²) in [6.07, 6.45) is 1.74. The first kappa shape index (κ1) is 13.2. The van der Waals surface area contributed by atoms with Gasteiger partial charge in [0.15, 0.2) is 0 Å². The Bertz CT molecular complexity index is 546. The Labute approximate surface area is 114 Å². The van der Waals surface area contributed by atoms with Crippen molar-refractivity contribution < 1.29 is 4.39 Å². The van der Waals surface area contributed by atoms with Crippen molar-refractivity contribution in [3.8, 4) is 0 Å². The second kappa shape index (κ2) is 5.20. The van der Waals surface area contributed by atoms with Crippen molar-refractivity contribution >= 4 is 15.9 Å². The van der Waals surface area contributed by atoms with Gasteiger partial charge in [-0.2, -0.15) is 5.10 Å². The quantitative estimate of drug-likeness (QED) is 0.944. The fourth-order valence-corrected chi connectivity index (χ4v) is 2.68. The molecule has 0 bridgehead atoms. The molecule has 1 N–H and O–H groups in total. The molecule has 3 nitrogen and oxygen atoms in total. The van der Waals surface area contributed by atoms with Gasteiger partial charge in [-0.15, -0.1) is 0 Å². The number of halogens is 2. The van der Waals surface area contributed by atoms with Crippen LogP contribution in [0.3, 0.4) is 0 Å². The van der Waals surface area contributed by atoms with Gasteiger partial charge in [-0.1, -0.05) is 6.07 Å². The third-order valence-electron chi connectivity index (χ3n) is 3.05. The van der Waals surface area contributed by atoms with Crippen LogP contribution in [0.5, 0.6) is 0 Å². The molecule has 0 spiro atoms. The van der Waals surface area contributed by atoms with Gasteiger partial charge in [0.25, 0.3) is 0 Å². The average molecular weight is 312 g/mol. The van der Waals surface area contributed by atoms with E-state index in [1.807, 2.05) is 21.0 Å². The molecule has 0 saturated carbocycles. The van der Waals surface area contributed by atoms with Crippen LogP contribution in [0.15, 0.2) is 28.9 Å². The van der Waals surface area contributed by atoms with Crippen molar-refractivity contribution in [2.24, 2.45) is 7.05 Å². The predicted molar refractivity (Wildman–Crippen MR) is 72.9 cm³/mol. The minimum absolute atomic E-state index is 0.0948. The molecule has 1 atom stereocenters. The Kier molecular flexibility index (Phi) is 3.82. The van der Waals surface area contributed by atoms with Crippen LogP contribution < -0.4 is 5.32 Å². The molecule has 1 unspecified atom stereocenters. The summed E-state index contributed by atoms with van der Waals surface area (Å²) in [5, 5.41) is 7.41. The maximum Gasteiger partial charge on any atom is 0.123 e. The van der Waals surface area contributed by atoms with Gasteiger partial charge in [0.1, 0.15) is 5.82 Å². The van der Waals surface area contributed by atoms with Crippen LogP contribution in [0, 0.1) is 12.7 Å². The largest absolute Gasteiger partial charge is 0.308 e. The van der Waals surface area contributed by atoms with E-state index in [1.54, 1.807) is 23.0 Å². The molecule has 18 heavy (non-hydrogen) atoms. The summed E-state index contributed by atoms with van der Waals surface area (Å²) >= 11 is 3.48. The molecule has 0 amide bonds. The molecule has 1 aromatic heterocycles. The molecule has 96 valence electrons. The Balaban J connectivity index is 2.55. The topological polar surface area (TPSA) is 29.9 Å². The van der Waals surface area contributed by atoms with Crippen LogP contribution >= 0.6 is 15.9 Å². The summed E-state index contributed by atoms with van der Waals surface area (Å²) in [4.78, 5) is 0. The Morgan fingerprint density at radius 2 is 2.17 bits per heavy atom. The number of benzene rings is 1. The van der Waals surface area contributed by atoms with Crippen LogP contribution in [0.25, 0.3) is 0 Å². The molecule has 0 fully saturated rings. The lowest BCUT2D eigenvalue weighted by Gasteiger charge is -2.20. The first-order valence-corrected chi connectivity index (χ1v) is 6.44. The van der Waals surface area contributed by atoms with E-state index in [0.29, 0.717) is 0 Å². The minimum atomic E-state index is -0.228. The van der Waals surface area contributed by atoms with Crippen molar-refractivity contribution in [1.82, 2.24) is 15.1 Å². The van der Waals surface area contributed by atoms with E-state index in [0.717, 1.165) is 21.3 Å². The predicted octanol–water partition coefficient (Wildman–Crippen LogP) is 2.94. The van der Waals surface area contributed by atoms with Gasteiger partial charge in [-0.25, -0.2) is 4.39 Å². The van der Waals surface area contributed by atoms with Crippen molar-refractivity contribution in [2.45, 2.75) is 13.0 Å². The maximum absolute atomic E-state index is 13.4. The molecule has 0 radical (unpaired) electrons. The first-order chi connectivity index (χ1) is 8.54. The van der Waals surface area contributed by atoms with Crippen molar-refractivity contribution in [1.29, 1.82) is 0 Å². The van der Waals surface area contributed by atoms with Crippen LogP contribution in [-0.4, -0.2) is 16.8 Å². The van der Waals surface area contributed by atoms with Crippen molar-refractivity contribution in [3.05, 3.63) is 51.5 Å². The Morgan fingerprint density at radius 3 is 2.72 bits per heavy atom. The number of rotatable bonds is 3. The lowest BCUT2D eigenvalue weighted by atomic mass is 9.98. The lowest BCUT2D eigenvalue weighted by Crippen LogP contribution is -2.22. The van der Waals surface area contributed by atoms with E-state index in [4.69, 9.17) is 0 Å². The molecular weight excluding hydrogens is 297 g/mol. The van der Waals surface area contributed by atoms with Crippen molar-refractivity contribution in [3.63, 3.8) is 0 Å². The SMILES string of the molecule is CNC(c1cc(F)ccc1C)c1c(Br)cnn1C. The zero-order chi connectivity index (χ0) is 13.3. The summed E-state index contributed by atoms with van der Waals surface area (Å²) < 4.78 is 16.1. The smallest absolute Gasteiger partial charge is 0.123 e. The van der Waals surface area contributed by atoms with Gasteiger partial charge in [-0.3, -0.25) is 4.68 Å². The second-order valence-corrected chi connectivity index (χ2v) is 5.08. The summed E-state index contributed by atoms with van der Waals surface area (Å²) in [5.41, 5.74) is 2.94. The fraction of sp³-hybridized carbons (Fsp3) is 0.308. The summed E-state index contributed by atoms with van der Waals surface area (Å²) in [7, 11) is 3.73. The van der Waals surface area contributed by atoms with E-state index in [2.05, 4.69) is 26.3 Å². The molecule has 0 aliphatic carbocycles. The van der Waals surface area contributed by atoms with E-state index in [9.17, 15) is 4.39 Å². The lowest BCUT2D eigenvalue weighted by molar-refractivity contribution is 0.587. The average Bonchev–Trinajstić information content (AvgIpc) is 2.66. The molecular formula is C13H15BrFN3. The molecule has 1 aromatic carbocycles. The Hall–Kier alpha value is -1.20. The highest BCUT2D eigenvalue weighted by molar-refractivity contribution is 9.10. The van der Waals surface area contributed by atoms with E-state index in [-0.39, 0.29) is 11.9 Å². The van der Waals surface area contributed by atoms with Gasteiger partial charge in [0, 0.05) is 7.05 Å². The van der Waals surface area contributed by atoms with Gasteiger partial charge in [-0.05, 0) is 53.2 Å². The highest BCUT2D eigenvalue weighted by Gasteiger charge is 2.21. The monoisotopic (exact) mass is 311 g/mol. The van der Waals surface area contributed by atoms with Gasteiger partial charge >= 0.3 is 0 Å². The van der Waals surface area contributed by atoms with Crippen LogP contribution in [-0.2, 0) is 7.05 Å². The third kappa shape index (κ3) is 2.33. The van der Waals surface area contributed by atoms with Gasteiger partial charge in [0.05, 0.1) is 22.4 Å².